The molecule has 5 nitrogen and oxygen atoms in total. The smallest absolute Gasteiger partial charge is 0.225 e. The van der Waals surface area contributed by atoms with Crippen molar-refractivity contribution in [2.75, 3.05) is 11.9 Å². The van der Waals surface area contributed by atoms with E-state index in [0.29, 0.717) is 34.9 Å². The van der Waals surface area contributed by atoms with Crippen molar-refractivity contribution in [3.8, 4) is 6.07 Å². The summed E-state index contributed by atoms with van der Waals surface area (Å²) in [6.45, 7) is 6.71. The molecule has 0 saturated carbocycles. The number of benzene rings is 1. The Morgan fingerprint density at radius 1 is 1.38 bits per heavy atom. The lowest BCUT2D eigenvalue weighted by Gasteiger charge is -2.32. The molecular formula is C18H19ClN4O. The van der Waals surface area contributed by atoms with E-state index in [4.69, 9.17) is 11.6 Å². The fraction of sp³-hybridized carbons (Fsp3) is 0.389. The predicted octanol–water partition coefficient (Wildman–Crippen LogP) is 3.57. The highest BCUT2D eigenvalue weighted by Crippen LogP contribution is 2.27. The first-order chi connectivity index (χ1) is 11.3. The Bertz CT molecular complexity index is 850. The summed E-state index contributed by atoms with van der Waals surface area (Å²) in [5.74, 6) is 0.739. The van der Waals surface area contributed by atoms with Gasteiger partial charge in [-0.2, -0.15) is 5.26 Å². The monoisotopic (exact) mass is 342 g/mol. The first-order valence-corrected chi connectivity index (χ1v) is 8.23. The van der Waals surface area contributed by atoms with Crippen LogP contribution in [0.25, 0.3) is 10.9 Å². The van der Waals surface area contributed by atoms with Crippen molar-refractivity contribution in [3.63, 3.8) is 0 Å². The molecule has 0 spiro atoms. The number of nitrogens with zero attached hydrogens (tertiary/aromatic N) is 3. The molecular weight excluding hydrogens is 324 g/mol. The number of halogens is 1. The summed E-state index contributed by atoms with van der Waals surface area (Å²) in [6.07, 6.45) is 0.430. The van der Waals surface area contributed by atoms with Gasteiger partial charge in [-0.15, -0.1) is 0 Å². The van der Waals surface area contributed by atoms with Crippen molar-refractivity contribution in [1.29, 1.82) is 5.26 Å². The van der Waals surface area contributed by atoms with Gasteiger partial charge < -0.3 is 10.2 Å². The van der Waals surface area contributed by atoms with E-state index in [9.17, 15) is 10.1 Å². The molecule has 3 rings (SSSR count). The fourth-order valence-electron chi connectivity index (χ4n) is 3.03. The van der Waals surface area contributed by atoms with E-state index in [0.717, 1.165) is 5.39 Å². The van der Waals surface area contributed by atoms with E-state index in [-0.39, 0.29) is 17.5 Å². The van der Waals surface area contributed by atoms with Gasteiger partial charge in [0.25, 0.3) is 0 Å². The summed E-state index contributed by atoms with van der Waals surface area (Å²) < 4.78 is 0. The Hall–Kier alpha value is -2.32. The molecule has 1 unspecified atom stereocenters. The van der Waals surface area contributed by atoms with Gasteiger partial charge in [-0.05, 0) is 45.0 Å². The van der Waals surface area contributed by atoms with Gasteiger partial charge in [0.05, 0.1) is 23.2 Å². The standard InChI is InChI=1S/C18H19ClN4O/c1-18(2,3)23-10-13(8-17(23)24)21-16-6-11(9-20)14-7-12(19)4-5-15(14)22-16/h4-7,13H,8,10H2,1-3H3,(H,21,22). The van der Waals surface area contributed by atoms with Gasteiger partial charge in [-0.1, -0.05) is 11.6 Å². The van der Waals surface area contributed by atoms with Crippen LogP contribution in [0.3, 0.4) is 0 Å². The number of carbonyl (C=O) groups excluding carboxylic acids is 1. The lowest BCUT2D eigenvalue weighted by atomic mass is 10.1. The van der Waals surface area contributed by atoms with Crippen molar-refractivity contribution in [2.45, 2.75) is 38.8 Å². The molecule has 1 atom stereocenters. The van der Waals surface area contributed by atoms with Gasteiger partial charge >= 0.3 is 0 Å². The third kappa shape index (κ3) is 3.15. The fourth-order valence-corrected chi connectivity index (χ4v) is 3.20. The van der Waals surface area contributed by atoms with Gasteiger partial charge in [0.15, 0.2) is 0 Å². The molecule has 1 aliphatic rings. The van der Waals surface area contributed by atoms with Gasteiger partial charge in [0.2, 0.25) is 5.91 Å². The molecule has 1 amide bonds. The lowest BCUT2D eigenvalue weighted by Crippen LogP contribution is -2.43. The minimum Gasteiger partial charge on any atom is -0.365 e. The Balaban J connectivity index is 1.88. The van der Waals surface area contributed by atoms with Crippen molar-refractivity contribution in [1.82, 2.24) is 9.88 Å². The van der Waals surface area contributed by atoms with Crippen LogP contribution in [0, 0.1) is 11.3 Å². The second-order valence-corrected chi connectivity index (χ2v) is 7.49. The maximum atomic E-state index is 12.2. The Kier molecular flexibility index (Phi) is 4.10. The van der Waals surface area contributed by atoms with Crippen LogP contribution >= 0.6 is 11.6 Å². The van der Waals surface area contributed by atoms with Crippen LogP contribution < -0.4 is 5.32 Å². The highest BCUT2D eigenvalue weighted by atomic mass is 35.5. The molecule has 0 aliphatic carbocycles. The van der Waals surface area contributed by atoms with E-state index in [1.165, 1.54) is 0 Å². The van der Waals surface area contributed by atoms with Gasteiger partial charge in [-0.3, -0.25) is 4.79 Å². The summed E-state index contributed by atoms with van der Waals surface area (Å²) in [5.41, 5.74) is 1.03. The van der Waals surface area contributed by atoms with Crippen molar-refractivity contribution in [3.05, 3.63) is 34.9 Å². The molecule has 2 aromatic rings. The number of nitrogens with one attached hydrogen (secondary N) is 1. The van der Waals surface area contributed by atoms with E-state index < -0.39 is 0 Å². The highest BCUT2D eigenvalue weighted by Gasteiger charge is 2.36. The van der Waals surface area contributed by atoms with Gasteiger partial charge in [0.1, 0.15) is 5.82 Å². The van der Waals surface area contributed by atoms with Crippen LogP contribution in [0.4, 0.5) is 5.82 Å². The van der Waals surface area contributed by atoms with Crippen molar-refractivity contribution in [2.24, 2.45) is 0 Å². The number of rotatable bonds is 2. The number of likely N-dealkylation sites (tertiary alicyclic amines) is 1. The molecule has 1 fully saturated rings. The molecule has 124 valence electrons. The minimum absolute atomic E-state index is 0.0134. The molecule has 1 N–H and O–H groups in total. The lowest BCUT2D eigenvalue weighted by molar-refractivity contribution is -0.131. The molecule has 0 bridgehead atoms. The zero-order valence-corrected chi connectivity index (χ0v) is 14.7. The van der Waals surface area contributed by atoms with Gasteiger partial charge in [0, 0.05) is 28.9 Å². The zero-order valence-electron chi connectivity index (χ0n) is 13.9. The maximum Gasteiger partial charge on any atom is 0.225 e. The first-order valence-electron chi connectivity index (χ1n) is 7.85. The van der Waals surface area contributed by atoms with E-state index in [2.05, 4.69) is 16.4 Å². The van der Waals surface area contributed by atoms with Crippen LogP contribution in [-0.2, 0) is 4.79 Å². The van der Waals surface area contributed by atoms with Crippen LogP contribution in [0.1, 0.15) is 32.8 Å². The molecule has 2 heterocycles. The maximum absolute atomic E-state index is 12.2. The summed E-state index contributed by atoms with van der Waals surface area (Å²) >= 11 is 6.00. The number of pyridine rings is 1. The van der Waals surface area contributed by atoms with E-state index in [1.54, 1.807) is 24.3 Å². The van der Waals surface area contributed by atoms with Gasteiger partial charge in [-0.25, -0.2) is 4.98 Å². The Labute approximate surface area is 146 Å². The topological polar surface area (TPSA) is 69.0 Å². The molecule has 6 heteroatoms. The molecule has 1 aromatic carbocycles. The summed E-state index contributed by atoms with van der Waals surface area (Å²) in [5, 5.41) is 14.0. The third-order valence-corrected chi connectivity index (χ3v) is 4.41. The molecule has 0 radical (unpaired) electrons. The molecule has 1 aromatic heterocycles. The average molecular weight is 343 g/mol. The van der Waals surface area contributed by atoms with E-state index in [1.807, 2.05) is 25.7 Å². The first kappa shape index (κ1) is 16.5. The van der Waals surface area contributed by atoms with Crippen LogP contribution in [0.2, 0.25) is 5.02 Å². The van der Waals surface area contributed by atoms with Crippen LogP contribution in [0.5, 0.6) is 0 Å². The number of anilines is 1. The quantitative estimate of drug-likeness (QED) is 0.905. The van der Waals surface area contributed by atoms with Crippen LogP contribution in [0.15, 0.2) is 24.3 Å². The summed E-state index contributed by atoms with van der Waals surface area (Å²) in [7, 11) is 0. The van der Waals surface area contributed by atoms with Crippen LogP contribution in [-0.4, -0.2) is 33.9 Å². The zero-order chi connectivity index (χ0) is 17.5. The number of nitriles is 1. The second kappa shape index (κ2) is 5.95. The number of amides is 1. The normalized spacial score (nSPS) is 18.0. The molecule has 1 aliphatic heterocycles. The number of carbonyl (C=O) groups is 1. The average Bonchev–Trinajstić information content (AvgIpc) is 2.87. The van der Waals surface area contributed by atoms with Crippen molar-refractivity contribution < 1.29 is 4.79 Å². The van der Waals surface area contributed by atoms with Crippen molar-refractivity contribution >= 4 is 34.2 Å². The third-order valence-electron chi connectivity index (χ3n) is 4.18. The van der Waals surface area contributed by atoms with E-state index >= 15 is 0 Å². The summed E-state index contributed by atoms with van der Waals surface area (Å²) in [6, 6.07) is 9.18. The molecule has 1 saturated heterocycles. The highest BCUT2D eigenvalue weighted by molar-refractivity contribution is 6.31. The number of hydrogen-bond acceptors (Lipinski definition) is 4. The SMILES string of the molecule is CC(C)(C)N1CC(Nc2cc(C#N)c3cc(Cl)ccc3n2)CC1=O. The number of aromatic nitrogens is 1. The predicted molar refractivity (Wildman–Crippen MR) is 95.0 cm³/mol. The largest absolute Gasteiger partial charge is 0.365 e. The number of hydrogen-bond donors (Lipinski definition) is 1. The molecule has 24 heavy (non-hydrogen) atoms. The Morgan fingerprint density at radius 2 is 2.12 bits per heavy atom. The minimum atomic E-state index is -0.196. The number of fused-ring (bicyclic) bond motifs is 1. The summed E-state index contributed by atoms with van der Waals surface area (Å²) in [4.78, 5) is 18.6. The second-order valence-electron chi connectivity index (χ2n) is 7.05. The Morgan fingerprint density at radius 3 is 2.75 bits per heavy atom.